The predicted molar refractivity (Wildman–Crippen MR) is 66.4 cm³/mol. The zero-order valence-electron chi connectivity index (χ0n) is 10.8. The van der Waals surface area contributed by atoms with Gasteiger partial charge in [-0.3, -0.25) is 0 Å². The summed E-state index contributed by atoms with van der Waals surface area (Å²) in [4.78, 5) is 13.1. The molecule has 2 amide bonds. The summed E-state index contributed by atoms with van der Waals surface area (Å²) in [6.07, 6.45) is 0. The van der Waals surface area contributed by atoms with Crippen LogP contribution in [0.1, 0.15) is 6.92 Å². The fourth-order valence-corrected chi connectivity index (χ4v) is 1.51. The molecule has 0 spiro atoms. The Morgan fingerprint density at radius 2 is 2.20 bits per heavy atom. The topological polar surface area (TPSA) is 61.8 Å². The molecule has 0 saturated heterocycles. The van der Waals surface area contributed by atoms with E-state index in [1.54, 1.807) is 6.92 Å². The molecule has 0 saturated carbocycles. The van der Waals surface area contributed by atoms with E-state index in [9.17, 15) is 18.0 Å². The van der Waals surface area contributed by atoms with Crippen LogP contribution in [0, 0.1) is 5.82 Å². The third-order valence-electron chi connectivity index (χ3n) is 2.44. The molecule has 0 aliphatic heterocycles. The van der Waals surface area contributed by atoms with Crippen LogP contribution in [0.2, 0.25) is 0 Å². The van der Waals surface area contributed by atoms with Crippen molar-refractivity contribution in [3.8, 4) is 5.75 Å². The number of alkyl halides is 2. The van der Waals surface area contributed by atoms with Crippen molar-refractivity contribution in [2.75, 3.05) is 25.0 Å². The summed E-state index contributed by atoms with van der Waals surface area (Å²) in [5.74, 6) is -1.23. The lowest BCUT2D eigenvalue weighted by Gasteiger charge is -2.21. The standard InChI is InChI=1S/C12H15F3N2O3/c1-2-17(5-6-18)12(19)16-9-4-3-8(13)7-10(9)20-11(14)15/h3-4,7,11,18H,2,5-6H2,1H3,(H,16,19). The van der Waals surface area contributed by atoms with Crippen molar-refractivity contribution in [3.63, 3.8) is 0 Å². The number of rotatable bonds is 6. The maximum absolute atomic E-state index is 13.0. The highest BCUT2D eigenvalue weighted by molar-refractivity contribution is 5.91. The van der Waals surface area contributed by atoms with Gasteiger partial charge in [-0.05, 0) is 19.1 Å². The van der Waals surface area contributed by atoms with Gasteiger partial charge >= 0.3 is 12.6 Å². The van der Waals surface area contributed by atoms with Crippen LogP contribution in [-0.2, 0) is 0 Å². The molecule has 20 heavy (non-hydrogen) atoms. The predicted octanol–water partition coefficient (Wildman–Crippen LogP) is 2.27. The largest absolute Gasteiger partial charge is 0.432 e. The minimum Gasteiger partial charge on any atom is -0.432 e. The summed E-state index contributed by atoms with van der Waals surface area (Å²) >= 11 is 0. The number of urea groups is 1. The Morgan fingerprint density at radius 1 is 1.50 bits per heavy atom. The summed E-state index contributed by atoms with van der Waals surface area (Å²) in [7, 11) is 0. The van der Waals surface area contributed by atoms with Gasteiger partial charge in [0.05, 0.1) is 12.3 Å². The Labute approximate surface area is 113 Å². The number of aliphatic hydroxyl groups excluding tert-OH is 1. The minimum atomic E-state index is -3.13. The zero-order valence-corrected chi connectivity index (χ0v) is 10.8. The van der Waals surface area contributed by atoms with Gasteiger partial charge in [0.2, 0.25) is 0 Å². The summed E-state index contributed by atoms with van der Waals surface area (Å²) < 4.78 is 41.6. The van der Waals surface area contributed by atoms with E-state index in [2.05, 4.69) is 10.1 Å². The maximum Gasteiger partial charge on any atom is 0.387 e. The van der Waals surface area contributed by atoms with E-state index in [1.807, 2.05) is 0 Å². The number of amides is 2. The second-order valence-electron chi connectivity index (χ2n) is 3.75. The minimum absolute atomic E-state index is 0.0758. The monoisotopic (exact) mass is 292 g/mol. The summed E-state index contributed by atoms with van der Waals surface area (Å²) in [5, 5.41) is 11.1. The van der Waals surface area contributed by atoms with Crippen LogP contribution >= 0.6 is 0 Å². The number of nitrogens with one attached hydrogen (secondary N) is 1. The molecule has 1 rings (SSSR count). The number of halogens is 3. The van der Waals surface area contributed by atoms with Crippen molar-refractivity contribution >= 4 is 11.7 Å². The normalized spacial score (nSPS) is 10.5. The van der Waals surface area contributed by atoms with Crippen molar-refractivity contribution in [2.45, 2.75) is 13.5 Å². The van der Waals surface area contributed by atoms with Gasteiger partial charge in [-0.2, -0.15) is 8.78 Å². The number of benzene rings is 1. The Kier molecular flexibility index (Phi) is 6.10. The maximum atomic E-state index is 13.0. The van der Waals surface area contributed by atoms with Crippen LogP contribution in [0.15, 0.2) is 18.2 Å². The van der Waals surface area contributed by atoms with Crippen molar-refractivity contribution in [1.82, 2.24) is 4.90 Å². The molecule has 5 nitrogen and oxygen atoms in total. The number of aliphatic hydroxyl groups is 1. The molecule has 0 atom stereocenters. The molecular formula is C12H15F3N2O3. The first-order valence-corrected chi connectivity index (χ1v) is 5.89. The average Bonchev–Trinajstić information content (AvgIpc) is 2.38. The molecule has 1 aromatic carbocycles. The van der Waals surface area contributed by atoms with Crippen LogP contribution in [0.3, 0.4) is 0 Å². The van der Waals surface area contributed by atoms with Gasteiger partial charge in [-0.15, -0.1) is 0 Å². The van der Waals surface area contributed by atoms with Crippen molar-refractivity contribution in [3.05, 3.63) is 24.0 Å². The fraction of sp³-hybridized carbons (Fsp3) is 0.417. The van der Waals surface area contributed by atoms with Gasteiger partial charge < -0.3 is 20.1 Å². The molecule has 0 heterocycles. The lowest BCUT2D eigenvalue weighted by molar-refractivity contribution is -0.0495. The van der Waals surface area contributed by atoms with Gasteiger partial charge in [0.15, 0.2) is 5.75 Å². The van der Waals surface area contributed by atoms with E-state index in [4.69, 9.17) is 5.11 Å². The molecule has 0 unspecified atom stereocenters. The highest BCUT2D eigenvalue weighted by Crippen LogP contribution is 2.27. The Morgan fingerprint density at radius 3 is 2.75 bits per heavy atom. The number of anilines is 1. The summed E-state index contributed by atoms with van der Waals surface area (Å²) in [6.45, 7) is -1.26. The van der Waals surface area contributed by atoms with Crippen LogP contribution in [0.25, 0.3) is 0 Å². The Hall–Kier alpha value is -1.96. The van der Waals surface area contributed by atoms with E-state index in [1.165, 1.54) is 4.90 Å². The molecule has 0 aromatic heterocycles. The van der Waals surface area contributed by atoms with Crippen molar-refractivity contribution < 1.29 is 27.8 Å². The third kappa shape index (κ3) is 4.61. The molecule has 8 heteroatoms. The van der Waals surface area contributed by atoms with Gasteiger partial charge in [0, 0.05) is 19.2 Å². The number of carbonyl (C=O) groups excluding carboxylic acids is 1. The second-order valence-corrected chi connectivity index (χ2v) is 3.75. The van der Waals surface area contributed by atoms with Gasteiger partial charge in [0.25, 0.3) is 0 Å². The quantitative estimate of drug-likeness (QED) is 0.845. The van der Waals surface area contributed by atoms with Gasteiger partial charge in [0.1, 0.15) is 5.82 Å². The number of hydrogen-bond acceptors (Lipinski definition) is 3. The van der Waals surface area contributed by atoms with E-state index >= 15 is 0 Å². The number of ether oxygens (including phenoxy) is 1. The van der Waals surface area contributed by atoms with Crippen molar-refractivity contribution in [1.29, 1.82) is 0 Å². The summed E-state index contributed by atoms with van der Waals surface area (Å²) in [5.41, 5.74) is -0.0758. The van der Waals surface area contributed by atoms with Gasteiger partial charge in [-0.1, -0.05) is 0 Å². The van der Waals surface area contributed by atoms with Crippen LogP contribution in [-0.4, -0.2) is 42.3 Å². The number of hydrogen-bond donors (Lipinski definition) is 2. The fourth-order valence-electron chi connectivity index (χ4n) is 1.51. The van der Waals surface area contributed by atoms with Gasteiger partial charge in [-0.25, -0.2) is 9.18 Å². The first-order valence-electron chi connectivity index (χ1n) is 5.89. The highest BCUT2D eigenvalue weighted by atomic mass is 19.3. The van der Waals surface area contributed by atoms with Crippen LogP contribution in [0.4, 0.5) is 23.7 Å². The van der Waals surface area contributed by atoms with Crippen LogP contribution in [0.5, 0.6) is 5.75 Å². The second kappa shape index (κ2) is 7.59. The summed E-state index contributed by atoms with van der Waals surface area (Å²) in [6, 6.07) is 2.28. The number of nitrogens with zero attached hydrogens (tertiary/aromatic N) is 1. The van der Waals surface area contributed by atoms with E-state index in [0.717, 1.165) is 18.2 Å². The first-order chi connectivity index (χ1) is 9.47. The average molecular weight is 292 g/mol. The van der Waals surface area contributed by atoms with Crippen molar-refractivity contribution in [2.24, 2.45) is 0 Å². The zero-order chi connectivity index (χ0) is 15.1. The SMILES string of the molecule is CCN(CCO)C(=O)Nc1ccc(F)cc1OC(F)F. The molecule has 1 aromatic rings. The molecular weight excluding hydrogens is 277 g/mol. The molecule has 0 aliphatic carbocycles. The lowest BCUT2D eigenvalue weighted by atomic mass is 10.3. The van der Waals surface area contributed by atoms with E-state index in [0.29, 0.717) is 6.54 Å². The molecule has 0 fully saturated rings. The Balaban J connectivity index is 2.87. The molecule has 0 radical (unpaired) electrons. The molecule has 112 valence electrons. The molecule has 0 bridgehead atoms. The molecule has 0 aliphatic rings. The number of carbonyl (C=O) groups is 1. The van der Waals surface area contributed by atoms with E-state index in [-0.39, 0.29) is 18.8 Å². The van der Waals surface area contributed by atoms with E-state index < -0.39 is 24.2 Å². The Bertz CT molecular complexity index is 458. The smallest absolute Gasteiger partial charge is 0.387 e. The number of likely N-dealkylation sites (N-methyl/N-ethyl adjacent to an activating group) is 1. The lowest BCUT2D eigenvalue weighted by Crippen LogP contribution is -2.36. The van der Waals surface area contributed by atoms with Crippen LogP contribution < -0.4 is 10.1 Å². The molecule has 2 N–H and O–H groups in total. The first kappa shape index (κ1) is 16.1. The third-order valence-corrected chi connectivity index (χ3v) is 2.44. The highest BCUT2D eigenvalue weighted by Gasteiger charge is 2.16.